The molecule has 0 aromatic rings. The number of carbonyl (C=O) groups excluding carboxylic acids is 3. The molecular formula is C30H44O8. The zero-order chi connectivity index (χ0) is 28.9. The summed E-state index contributed by atoms with van der Waals surface area (Å²) in [4.78, 5) is 40.4. The molecule has 0 saturated heterocycles. The van der Waals surface area contributed by atoms with Gasteiger partial charge in [-0.25, -0.2) is 0 Å². The van der Waals surface area contributed by atoms with E-state index in [-0.39, 0.29) is 30.8 Å². The Balaban J connectivity index is 1.83. The Hall–Kier alpha value is -1.71. The largest absolute Gasteiger partial charge is 0.395 e. The number of hydrogen-bond donors (Lipinski definition) is 5. The first-order chi connectivity index (χ1) is 17.2. The van der Waals surface area contributed by atoms with Crippen LogP contribution in [0.4, 0.5) is 0 Å². The van der Waals surface area contributed by atoms with Crippen LogP contribution >= 0.6 is 0 Å². The Morgan fingerprint density at radius 1 is 1.08 bits per heavy atom. The fourth-order valence-electron chi connectivity index (χ4n) is 9.07. The molecule has 0 heterocycles. The van der Waals surface area contributed by atoms with Crippen LogP contribution in [0.2, 0.25) is 0 Å². The van der Waals surface area contributed by atoms with Crippen LogP contribution in [0.15, 0.2) is 23.8 Å². The van der Waals surface area contributed by atoms with Crippen LogP contribution in [0, 0.1) is 39.4 Å². The van der Waals surface area contributed by atoms with Gasteiger partial charge in [0.1, 0.15) is 17.5 Å². The molecule has 4 aliphatic carbocycles. The number of aliphatic hydroxyl groups excluding tert-OH is 3. The summed E-state index contributed by atoms with van der Waals surface area (Å²) in [6, 6.07) is 0. The minimum atomic E-state index is -2.02. The molecule has 3 saturated carbocycles. The lowest BCUT2D eigenvalue weighted by Crippen LogP contribution is -2.67. The smallest absolute Gasteiger partial charge is 0.187 e. The molecule has 0 radical (unpaired) electrons. The lowest BCUT2D eigenvalue weighted by atomic mass is 9.38. The normalized spacial score (nSPS) is 44.2. The molecule has 8 heteroatoms. The van der Waals surface area contributed by atoms with E-state index in [1.54, 1.807) is 13.8 Å². The molecule has 9 atom stereocenters. The summed E-state index contributed by atoms with van der Waals surface area (Å²) in [5, 5.41) is 54.7. The molecule has 0 unspecified atom stereocenters. The van der Waals surface area contributed by atoms with Gasteiger partial charge < -0.3 is 25.5 Å². The van der Waals surface area contributed by atoms with Crippen molar-refractivity contribution in [3.63, 3.8) is 0 Å². The third-order valence-electron chi connectivity index (χ3n) is 11.1. The van der Waals surface area contributed by atoms with E-state index in [1.165, 1.54) is 26.8 Å². The highest BCUT2D eigenvalue weighted by Gasteiger charge is 2.75. The van der Waals surface area contributed by atoms with E-state index in [9.17, 15) is 39.9 Å². The van der Waals surface area contributed by atoms with E-state index >= 15 is 0 Å². The van der Waals surface area contributed by atoms with Crippen molar-refractivity contribution in [2.75, 3.05) is 6.61 Å². The lowest BCUT2D eigenvalue weighted by molar-refractivity contribution is -0.192. The number of Topliss-reactive ketones (excluding diaryl/α,β-unsaturated/α-hetero) is 2. The maximum Gasteiger partial charge on any atom is 0.187 e. The number of rotatable bonds is 5. The Morgan fingerprint density at radius 3 is 2.24 bits per heavy atom. The molecule has 38 heavy (non-hydrogen) atoms. The Labute approximate surface area is 224 Å². The van der Waals surface area contributed by atoms with E-state index in [4.69, 9.17) is 0 Å². The molecule has 0 aliphatic heterocycles. The van der Waals surface area contributed by atoms with Crippen molar-refractivity contribution in [1.82, 2.24) is 0 Å². The van der Waals surface area contributed by atoms with Crippen molar-refractivity contribution >= 4 is 17.3 Å². The minimum absolute atomic E-state index is 0.0492. The van der Waals surface area contributed by atoms with Gasteiger partial charge in [-0.2, -0.15) is 0 Å². The molecule has 212 valence electrons. The molecule has 3 fully saturated rings. The summed E-state index contributed by atoms with van der Waals surface area (Å²) in [6.45, 7) is 11.2. The second kappa shape index (κ2) is 8.64. The first kappa shape index (κ1) is 29.3. The SMILES string of the molecule is CC(C)(O)/C=C/C(=O)[C@](C)(O)[C@H]1[C@H](O)C[C@@]2(C)[C@@H]3CC=C4[C@@H](C[C@H](O)C(=O)C4(C)C)[C@]3(CO)C(=O)C[C@]12C. The van der Waals surface area contributed by atoms with E-state index in [0.29, 0.717) is 6.42 Å². The van der Waals surface area contributed by atoms with Crippen molar-refractivity contribution in [1.29, 1.82) is 0 Å². The van der Waals surface area contributed by atoms with E-state index in [0.717, 1.165) is 11.6 Å². The number of ketones is 3. The average Bonchev–Trinajstić information content (AvgIpc) is 3.00. The number of hydrogen-bond acceptors (Lipinski definition) is 8. The summed E-state index contributed by atoms with van der Waals surface area (Å²) < 4.78 is 0. The number of carbonyl (C=O) groups is 3. The topological polar surface area (TPSA) is 152 Å². The van der Waals surface area contributed by atoms with Crippen molar-refractivity contribution in [3.8, 4) is 0 Å². The molecule has 0 aromatic heterocycles. The summed E-state index contributed by atoms with van der Waals surface area (Å²) in [6.07, 6.45) is 2.65. The van der Waals surface area contributed by atoms with Gasteiger partial charge >= 0.3 is 0 Å². The van der Waals surface area contributed by atoms with E-state index in [2.05, 4.69) is 0 Å². The number of fused-ring (bicyclic) bond motifs is 5. The van der Waals surface area contributed by atoms with Gasteiger partial charge in [-0.05, 0) is 82.6 Å². The predicted molar refractivity (Wildman–Crippen MR) is 140 cm³/mol. The highest BCUT2D eigenvalue weighted by molar-refractivity contribution is 5.98. The molecule has 5 N–H and O–H groups in total. The zero-order valence-corrected chi connectivity index (χ0v) is 23.6. The van der Waals surface area contributed by atoms with Crippen LogP contribution in [0.1, 0.15) is 74.1 Å². The summed E-state index contributed by atoms with van der Waals surface area (Å²) >= 11 is 0. The summed E-state index contributed by atoms with van der Waals surface area (Å²) in [7, 11) is 0. The van der Waals surface area contributed by atoms with Gasteiger partial charge in [0.25, 0.3) is 0 Å². The fourth-order valence-corrected chi connectivity index (χ4v) is 9.07. The van der Waals surface area contributed by atoms with Crippen molar-refractivity contribution in [2.24, 2.45) is 39.4 Å². The molecule has 0 amide bonds. The van der Waals surface area contributed by atoms with Crippen LogP contribution in [0.3, 0.4) is 0 Å². The zero-order valence-electron chi connectivity index (χ0n) is 23.6. The summed E-state index contributed by atoms with van der Waals surface area (Å²) in [5.74, 6) is -3.13. The van der Waals surface area contributed by atoms with Gasteiger partial charge in [0.2, 0.25) is 0 Å². The first-order valence-corrected chi connectivity index (χ1v) is 13.7. The average molecular weight is 533 g/mol. The molecule has 0 aromatic carbocycles. The molecular weight excluding hydrogens is 488 g/mol. The highest BCUT2D eigenvalue weighted by Crippen LogP contribution is 2.74. The summed E-state index contributed by atoms with van der Waals surface area (Å²) in [5.41, 5.74) is -6.48. The third kappa shape index (κ3) is 3.70. The Bertz CT molecular complexity index is 1110. The van der Waals surface area contributed by atoms with Gasteiger partial charge in [-0.1, -0.05) is 31.6 Å². The molecule has 8 nitrogen and oxygen atoms in total. The maximum absolute atomic E-state index is 14.3. The Morgan fingerprint density at radius 2 is 1.68 bits per heavy atom. The van der Waals surface area contributed by atoms with Crippen LogP contribution in [0.25, 0.3) is 0 Å². The second-order valence-corrected chi connectivity index (χ2v) is 14.1. The number of allylic oxidation sites excluding steroid dienone is 2. The van der Waals surface area contributed by atoms with Crippen molar-refractivity contribution in [3.05, 3.63) is 23.8 Å². The van der Waals surface area contributed by atoms with Crippen LogP contribution in [-0.2, 0) is 14.4 Å². The Kier molecular flexibility index (Phi) is 6.66. The minimum Gasteiger partial charge on any atom is -0.395 e. The van der Waals surface area contributed by atoms with Gasteiger partial charge in [-0.3, -0.25) is 14.4 Å². The number of aliphatic hydroxyl groups is 5. The highest BCUT2D eigenvalue weighted by atomic mass is 16.3. The van der Waals surface area contributed by atoms with Crippen LogP contribution in [-0.4, -0.2) is 72.9 Å². The van der Waals surface area contributed by atoms with E-state index < -0.39 is 75.2 Å². The van der Waals surface area contributed by atoms with E-state index in [1.807, 2.05) is 19.9 Å². The molecule has 0 bridgehead atoms. The maximum atomic E-state index is 14.3. The van der Waals surface area contributed by atoms with Crippen molar-refractivity contribution in [2.45, 2.75) is 97.6 Å². The molecule has 4 aliphatic rings. The van der Waals surface area contributed by atoms with Crippen molar-refractivity contribution < 1.29 is 39.9 Å². The first-order valence-electron chi connectivity index (χ1n) is 13.7. The fraction of sp³-hybridized carbons (Fsp3) is 0.767. The van der Waals surface area contributed by atoms with Gasteiger partial charge in [-0.15, -0.1) is 0 Å². The standard InChI is InChI=1S/C30H44O8/c1-25(2,37)11-10-21(34)29(7,38)23-19(33)13-27(5)20-9-8-16-17(12-18(32)24(36)26(16,3)4)30(20,15-31)22(35)14-28(23,27)6/h8,10-11,17-20,23,31-33,37-38H,9,12-15H2,1-7H3/b11-10+/t17-,18+,19-,20+,23+,27+,28-,29+,30+/m1/s1. The molecule has 0 spiro atoms. The quantitative estimate of drug-likeness (QED) is 0.266. The monoisotopic (exact) mass is 532 g/mol. The molecule has 4 rings (SSSR count). The predicted octanol–water partition coefficient (Wildman–Crippen LogP) is 1.90. The van der Waals surface area contributed by atoms with Crippen LogP contribution < -0.4 is 0 Å². The van der Waals surface area contributed by atoms with Crippen LogP contribution in [0.5, 0.6) is 0 Å². The third-order valence-corrected chi connectivity index (χ3v) is 11.1. The lowest BCUT2D eigenvalue weighted by Gasteiger charge is -2.64. The second-order valence-electron chi connectivity index (χ2n) is 14.1. The van der Waals surface area contributed by atoms with Gasteiger partial charge in [0.05, 0.1) is 23.7 Å². The van der Waals surface area contributed by atoms with Gasteiger partial charge in [0, 0.05) is 17.8 Å². The van der Waals surface area contributed by atoms with Gasteiger partial charge in [0.15, 0.2) is 11.6 Å².